The molecule has 2 heterocycles. The Kier molecular flexibility index (Phi) is 7.49. The quantitative estimate of drug-likeness (QED) is 0.741. The number of aromatic nitrogens is 1. The predicted octanol–water partition coefficient (Wildman–Crippen LogP) is 3.32. The number of piperidine rings is 1. The van der Waals surface area contributed by atoms with Gasteiger partial charge in [-0.2, -0.15) is 0 Å². The van der Waals surface area contributed by atoms with Crippen LogP contribution in [-0.2, 0) is 6.54 Å². The van der Waals surface area contributed by atoms with Crippen molar-refractivity contribution in [2.75, 3.05) is 24.1 Å². The van der Waals surface area contributed by atoms with Crippen molar-refractivity contribution in [3.8, 4) is 0 Å². The Morgan fingerprint density at radius 2 is 2.12 bits per heavy atom. The van der Waals surface area contributed by atoms with Crippen molar-refractivity contribution in [3.63, 3.8) is 0 Å². The number of thiazole rings is 1. The number of nitrogens with zero attached hydrogens (tertiary/aromatic N) is 2. The van der Waals surface area contributed by atoms with Crippen LogP contribution in [0.1, 0.15) is 24.1 Å². The van der Waals surface area contributed by atoms with Crippen molar-refractivity contribution in [2.45, 2.75) is 31.8 Å². The number of nitrogen functional groups attached to an aromatic ring is 1. The summed E-state index contributed by atoms with van der Waals surface area (Å²) in [5.41, 5.74) is 6.52. The number of carbonyl (C=O) groups is 1. The van der Waals surface area contributed by atoms with Gasteiger partial charge in [0.2, 0.25) is 0 Å². The zero-order valence-electron chi connectivity index (χ0n) is 14.0. The zero-order valence-corrected chi connectivity index (χ0v) is 15.6. The molecular formula is C17H24ClN5OS. The van der Waals surface area contributed by atoms with Crippen LogP contribution in [0.25, 0.3) is 0 Å². The number of nitrogens with one attached hydrogen (secondary N) is 2. The van der Waals surface area contributed by atoms with Crippen molar-refractivity contribution >= 4 is 40.6 Å². The highest BCUT2D eigenvalue weighted by Gasteiger charge is 2.23. The van der Waals surface area contributed by atoms with Gasteiger partial charge in [-0.1, -0.05) is 24.6 Å². The molecule has 1 unspecified atom stereocenters. The van der Waals surface area contributed by atoms with Gasteiger partial charge in [-0.15, -0.1) is 23.7 Å². The first kappa shape index (κ1) is 19.5. The number of urea groups is 1. The highest BCUT2D eigenvalue weighted by atomic mass is 35.5. The Morgan fingerprint density at radius 1 is 1.32 bits per heavy atom. The van der Waals surface area contributed by atoms with Crippen LogP contribution in [0.3, 0.4) is 0 Å². The number of para-hydroxylation sites is 1. The van der Waals surface area contributed by atoms with E-state index in [1.165, 1.54) is 29.1 Å². The first-order chi connectivity index (χ1) is 11.7. The fourth-order valence-corrected chi connectivity index (χ4v) is 3.71. The number of amides is 2. The van der Waals surface area contributed by atoms with E-state index in [0.717, 1.165) is 25.2 Å². The van der Waals surface area contributed by atoms with Crippen molar-refractivity contribution in [3.05, 3.63) is 41.4 Å². The highest BCUT2D eigenvalue weighted by molar-refractivity contribution is 7.15. The number of carbonyl (C=O) groups excluding carboxylic acids is 1. The number of benzene rings is 1. The average molecular weight is 382 g/mol. The molecule has 136 valence electrons. The fraction of sp³-hybridized carbons (Fsp3) is 0.412. The third-order valence-corrected chi connectivity index (χ3v) is 5.02. The van der Waals surface area contributed by atoms with E-state index >= 15 is 0 Å². The summed E-state index contributed by atoms with van der Waals surface area (Å²) in [4.78, 5) is 19.8. The van der Waals surface area contributed by atoms with Crippen LogP contribution in [0, 0.1) is 0 Å². The van der Waals surface area contributed by atoms with Gasteiger partial charge < -0.3 is 16.4 Å². The third kappa shape index (κ3) is 5.88. The zero-order chi connectivity index (χ0) is 16.8. The Morgan fingerprint density at radius 3 is 2.84 bits per heavy atom. The standard InChI is InChI=1S/C17H23N5OS.ClH/c18-16-19-11-15(24-16)12-22-9-5-4-8-14(22)10-20-17(23)21-13-6-2-1-3-7-13;/h1-3,6-7,11,14H,4-5,8-10,12H2,(H2,18,19)(H2,20,21,23);1H. The van der Waals surface area contributed by atoms with Crippen molar-refractivity contribution in [1.82, 2.24) is 15.2 Å². The molecule has 0 aliphatic carbocycles. The van der Waals surface area contributed by atoms with Crippen LogP contribution in [0.4, 0.5) is 15.6 Å². The molecular weight excluding hydrogens is 358 g/mol. The topological polar surface area (TPSA) is 83.3 Å². The summed E-state index contributed by atoms with van der Waals surface area (Å²) in [6, 6.07) is 9.67. The number of hydrogen-bond acceptors (Lipinski definition) is 5. The number of anilines is 2. The third-order valence-electron chi connectivity index (χ3n) is 4.21. The molecule has 1 aliphatic rings. The number of rotatable bonds is 5. The van der Waals surface area contributed by atoms with E-state index in [9.17, 15) is 4.79 Å². The molecule has 1 aromatic carbocycles. The minimum atomic E-state index is -0.159. The second kappa shape index (κ2) is 9.60. The Labute approximate surface area is 158 Å². The molecule has 4 N–H and O–H groups in total. The summed E-state index contributed by atoms with van der Waals surface area (Å²) in [6.07, 6.45) is 5.34. The van der Waals surface area contributed by atoms with Gasteiger partial charge >= 0.3 is 6.03 Å². The predicted molar refractivity (Wildman–Crippen MR) is 105 cm³/mol. The first-order valence-electron chi connectivity index (χ1n) is 8.25. The van der Waals surface area contributed by atoms with Gasteiger partial charge in [0, 0.05) is 35.9 Å². The molecule has 0 radical (unpaired) electrons. The van der Waals surface area contributed by atoms with Crippen LogP contribution < -0.4 is 16.4 Å². The first-order valence-corrected chi connectivity index (χ1v) is 9.06. The van der Waals surface area contributed by atoms with Gasteiger partial charge in [0.25, 0.3) is 0 Å². The van der Waals surface area contributed by atoms with Crippen LogP contribution in [0.2, 0.25) is 0 Å². The Bertz CT molecular complexity index is 666. The fourth-order valence-electron chi connectivity index (χ4n) is 3.00. The molecule has 3 rings (SSSR count). The second-order valence-corrected chi connectivity index (χ2v) is 7.13. The van der Waals surface area contributed by atoms with E-state index in [0.29, 0.717) is 17.7 Å². The van der Waals surface area contributed by atoms with E-state index in [-0.39, 0.29) is 18.4 Å². The molecule has 1 aromatic heterocycles. The number of likely N-dealkylation sites (tertiary alicyclic amines) is 1. The molecule has 8 heteroatoms. The SMILES string of the molecule is Cl.Nc1ncc(CN2CCCCC2CNC(=O)Nc2ccccc2)s1. The lowest BCUT2D eigenvalue weighted by Crippen LogP contribution is -2.46. The molecule has 6 nitrogen and oxygen atoms in total. The summed E-state index contributed by atoms with van der Waals surface area (Å²) in [7, 11) is 0. The maximum absolute atomic E-state index is 12.1. The van der Waals surface area contributed by atoms with E-state index in [1.807, 2.05) is 36.5 Å². The molecule has 0 saturated carbocycles. The van der Waals surface area contributed by atoms with Crippen molar-refractivity contribution in [1.29, 1.82) is 0 Å². The summed E-state index contributed by atoms with van der Waals surface area (Å²) in [5.74, 6) is 0. The lowest BCUT2D eigenvalue weighted by molar-refractivity contribution is 0.140. The van der Waals surface area contributed by atoms with Crippen molar-refractivity contribution in [2.24, 2.45) is 0 Å². The second-order valence-electron chi connectivity index (χ2n) is 5.99. The smallest absolute Gasteiger partial charge is 0.319 e. The summed E-state index contributed by atoms with van der Waals surface area (Å²) < 4.78 is 0. The molecule has 0 spiro atoms. The summed E-state index contributed by atoms with van der Waals surface area (Å²) in [6.45, 7) is 2.54. The van der Waals surface area contributed by atoms with Gasteiger partial charge in [-0.25, -0.2) is 9.78 Å². The number of hydrogen-bond donors (Lipinski definition) is 3. The Balaban J connectivity index is 0.00000225. The van der Waals surface area contributed by atoms with Gasteiger partial charge in [-0.3, -0.25) is 4.90 Å². The average Bonchev–Trinajstić information content (AvgIpc) is 3.00. The van der Waals surface area contributed by atoms with Crippen LogP contribution >= 0.6 is 23.7 Å². The van der Waals surface area contributed by atoms with Crippen LogP contribution in [0.5, 0.6) is 0 Å². The van der Waals surface area contributed by atoms with E-state index in [4.69, 9.17) is 5.73 Å². The minimum absolute atomic E-state index is 0. The maximum Gasteiger partial charge on any atom is 0.319 e. The minimum Gasteiger partial charge on any atom is -0.375 e. The van der Waals surface area contributed by atoms with Crippen LogP contribution in [0.15, 0.2) is 36.5 Å². The molecule has 2 aromatic rings. The maximum atomic E-state index is 12.1. The van der Waals surface area contributed by atoms with Crippen LogP contribution in [-0.4, -0.2) is 35.0 Å². The molecule has 1 saturated heterocycles. The summed E-state index contributed by atoms with van der Waals surface area (Å²) >= 11 is 1.53. The lowest BCUT2D eigenvalue weighted by Gasteiger charge is -2.35. The molecule has 25 heavy (non-hydrogen) atoms. The molecule has 1 fully saturated rings. The Hall–Kier alpha value is -1.83. The largest absolute Gasteiger partial charge is 0.375 e. The molecule has 0 bridgehead atoms. The van der Waals surface area contributed by atoms with Gasteiger partial charge in [0.05, 0.1) is 0 Å². The highest BCUT2D eigenvalue weighted by Crippen LogP contribution is 2.22. The summed E-state index contributed by atoms with van der Waals surface area (Å²) in [5, 5.41) is 6.46. The van der Waals surface area contributed by atoms with Gasteiger partial charge in [0.15, 0.2) is 5.13 Å². The monoisotopic (exact) mass is 381 g/mol. The van der Waals surface area contributed by atoms with Gasteiger partial charge in [0.1, 0.15) is 0 Å². The number of nitrogens with two attached hydrogens (primary N) is 1. The van der Waals surface area contributed by atoms with Crippen molar-refractivity contribution < 1.29 is 4.79 Å². The number of halogens is 1. The molecule has 1 atom stereocenters. The lowest BCUT2D eigenvalue weighted by atomic mass is 10.0. The normalized spacial score (nSPS) is 17.5. The van der Waals surface area contributed by atoms with E-state index < -0.39 is 0 Å². The van der Waals surface area contributed by atoms with E-state index in [1.54, 1.807) is 0 Å². The molecule has 2 amide bonds. The van der Waals surface area contributed by atoms with Gasteiger partial charge in [-0.05, 0) is 31.5 Å². The molecule has 1 aliphatic heterocycles. The van der Waals surface area contributed by atoms with E-state index in [2.05, 4.69) is 20.5 Å².